The van der Waals surface area contributed by atoms with Crippen LogP contribution >= 0.6 is 0 Å². The van der Waals surface area contributed by atoms with Crippen LogP contribution in [0.4, 0.5) is 8.78 Å². The van der Waals surface area contributed by atoms with Crippen LogP contribution in [0.1, 0.15) is 20.7 Å². The zero-order valence-corrected chi connectivity index (χ0v) is 17.9. The van der Waals surface area contributed by atoms with E-state index in [1.165, 1.54) is 12.1 Å². The number of hydrogen-bond acceptors (Lipinski definition) is 7. The number of nitrogens with zero attached hydrogens (tertiary/aromatic N) is 1. The minimum absolute atomic E-state index is 0.0419. The first kappa shape index (κ1) is 24.2. The van der Waals surface area contributed by atoms with Crippen molar-refractivity contribution in [3.63, 3.8) is 0 Å². The molecule has 1 heterocycles. The molecule has 33 heavy (non-hydrogen) atoms. The lowest BCUT2D eigenvalue weighted by Crippen LogP contribution is -2.43. The quantitative estimate of drug-likeness (QED) is 0.455. The Kier molecular flexibility index (Phi) is 7.68. The SMILES string of the molecule is O=C(COC(=O)c1ccc(F)c(S(=O)(=O)N2CCOCC2)c1)NNC(=O)c1ccc(F)cc1. The summed E-state index contributed by atoms with van der Waals surface area (Å²) in [6.45, 7) is -0.406. The summed E-state index contributed by atoms with van der Waals surface area (Å²) in [5.74, 6) is -4.29. The highest BCUT2D eigenvalue weighted by atomic mass is 32.2. The number of sulfonamides is 1. The van der Waals surface area contributed by atoms with E-state index in [0.717, 1.165) is 34.6 Å². The fraction of sp³-hybridized carbons (Fsp3) is 0.250. The third kappa shape index (κ3) is 6.09. The number of hydrogen-bond donors (Lipinski definition) is 2. The van der Waals surface area contributed by atoms with E-state index in [2.05, 4.69) is 5.43 Å². The van der Waals surface area contributed by atoms with Crippen LogP contribution in [0, 0.1) is 11.6 Å². The Bertz CT molecular complexity index is 1150. The van der Waals surface area contributed by atoms with Crippen molar-refractivity contribution >= 4 is 27.8 Å². The van der Waals surface area contributed by atoms with Gasteiger partial charge in [0.15, 0.2) is 6.61 Å². The van der Waals surface area contributed by atoms with E-state index in [-0.39, 0.29) is 37.4 Å². The summed E-state index contributed by atoms with van der Waals surface area (Å²) in [5, 5.41) is 0. The van der Waals surface area contributed by atoms with Gasteiger partial charge in [0, 0.05) is 18.7 Å². The molecule has 2 amide bonds. The second-order valence-electron chi connectivity index (χ2n) is 6.75. The summed E-state index contributed by atoms with van der Waals surface area (Å²) < 4.78 is 63.4. The minimum atomic E-state index is -4.21. The molecule has 13 heteroatoms. The van der Waals surface area contributed by atoms with Gasteiger partial charge in [-0.15, -0.1) is 0 Å². The number of halogens is 2. The number of carbonyl (C=O) groups excluding carboxylic acids is 3. The van der Waals surface area contributed by atoms with Crippen molar-refractivity contribution in [1.82, 2.24) is 15.2 Å². The second-order valence-corrected chi connectivity index (χ2v) is 8.65. The first-order valence-corrected chi connectivity index (χ1v) is 11.0. The van der Waals surface area contributed by atoms with Gasteiger partial charge < -0.3 is 9.47 Å². The van der Waals surface area contributed by atoms with Gasteiger partial charge in [-0.2, -0.15) is 4.31 Å². The molecule has 1 aliphatic heterocycles. The number of hydrazine groups is 1. The number of nitrogens with one attached hydrogen (secondary N) is 2. The Morgan fingerprint density at radius 1 is 0.970 bits per heavy atom. The summed E-state index contributed by atoms with van der Waals surface area (Å²) in [5.41, 5.74) is 3.86. The largest absolute Gasteiger partial charge is 0.452 e. The lowest BCUT2D eigenvalue weighted by atomic mass is 10.2. The molecule has 10 nitrogen and oxygen atoms in total. The van der Waals surface area contributed by atoms with E-state index in [9.17, 15) is 31.6 Å². The number of esters is 1. The lowest BCUT2D eigenvalue weighted by molar-refractivity contribution is -0.125. The average molecular weight is 483 g/mol. The van der Waals surface area contributed by atoms with Crippen molar-refractivity contribution < 1.29 is 41.1 Å². The van der Waals surface area contributed by atoms with Gasteiger partial charge in [0.05, 0.1) is 18.8 Å². The number of rotatable bonds is 6. The summed E-state index contributed by atoms with van der Waals surface area (Å²) in [6, 6.07) is 7.19. The van der Waals surface area contributed by atoms with E-state index in [0.29, 0.717) is 0 Å². The predicted molar refractivity (Wildman–Crippen MR) is 108 cm³/mol. The van der Waals surface area contributed by atoms with Crippen molar-refractivity contribution in [2.24, 2.45) is 0 Å². The van der Waals surface area contributed by atoms with Crippen LogP contribution in [0.5, 0.6) is 0 Å². The summed E-state index contributed by atoms with van der Waals surface area (Å²) in [7, 11) is -4.21. The molecule has 0 atom stereocenters. The zero-order valence-electron chi connectivity index (χ0n) is 17.0. The van der Waals surface area contributed by atoms with Crippen molar-refractivity contribution in [2.45, 2.75) is 4.90 Å². The average Bonchev–Trinajstić information content (AvgIpc) is 2.82. The fourth-order valence-corrected chi connectivity index (χ4v) is 4.30. The minimum Gasteiger partial charge on any atom is -0.452 e. The second kappa shape index (κ2) is 10.5. The Balaban J connectivity index is 1.57. The van der Waals surface area contributed by atoms with Crippen molar-refractivity contribution in [3.05, 3.63) is 65.2 Å². The molecule has 0 saturated carbocycles. The number of ether oxygens (including phenoxy) is 2. The molecule has 0 bridgehead atoms. The fourth-order valence-electron chi connectivity index (χ4n) is 2.80. The smallest absolute Gasteiger partial charge is 0.338 e. The van der Waals surface area contributed by atoms with Gasteiger partial charge in [-0.3, -0.25) is 20.4 Å². The first-order valence-electron chi connectivity index (χ1n) is 9.58. The summed E-state index contributed by atoms with van der Waals surface area (Å²) in [6.07, 6.45) is 0. The van der Waals surface area contributed by atoms with E-state index in [1.807, 2.05) is 5.43 Å². The summed E-state index contributed by atoms with van der Waals surface area (Å²) in [4.78, 5) is 35.2. The number of carbonyl (C=O) groups is 3. The van der Waals surface area contributed by atoms with Gasteiger partial charge in [0.1, 0.15) is 16.5 Å². The maximum absolute atomic E-state index is 14.2. The van der Waals surface area contributed by atoms with Crippen LogP contribution in [-0.2, 0) is 24.3 Å². The third-order valence-corrected chi connectivity index (χ3v) is 6.42. The van der Waals surface area contributed by atoms with E-state index < -0.39 is 50.9 Å². The highest BCUT2D eigenvalue weighted by molar-refractivity contribution is 7.89. The molecule has 2 N–H and O–H groups in total. The molecular formula is C20H19F2N3O7S. The zero-order chi connectivity index (χ0) is 24.0. The molecule has 0 radical (unpaired) electrons. The molecule has 2 aromatic rings. The van der Waals surface area contributed by atoms with Gasteiger partial charge >= 0.3 is 5.97 Å². The van der Waals surface area contributed by atoms with Crippen LogP contribution in [0.3, 0.4) is 0 Å². The maximum atomic E-state index is 14.2. The van der Waals surface area contributed by atoms with Crippen LogP contribution in [0.15, 0.2) is 47.4 Å². The Morgan fingerprint density at radius 2 is 1.61 bits per heavy atom. The van der Waals surface area contributed by atoms with Crippen LogP contribution in [-0.4, -0.2) is 63.4 Å². The highest BCUT2D eigenvalue weighted by Gasteiger charge is 2.30. The Labute approximate surface area is 187 Å². The molecule has 0 unspecified atom stereocenters. The summed E-state index contributed by atoms with van der Waals surface area (Å²) >= 11 is 0. The van der Waals surface area contributed by atoms with Crippen molar-refractivity contribution in [2.75, 3.05) is 32.9 Å². The predicted octanol–water partition coefficient (Wildman–Crippen LogP) is 0.604. The Morgan fingerprint density at radius 3 is 2.27 bits per heavy atom. The number of morpholine rings is 1. The van der Waals surface area contributed by atoms with E-state index in [4.69, 9.17) is 9.47 Å². The van der Waals surface area contributed by atoms with Gasteiger partial charge in [-0.05, 0) is 42.5 Å². The van der Waals surface area contributed by atoms with Crippen LogP contribution in [0.2, 0.25) is 0 Å². The number of benzene rings is 2. The highest BCUT2D eigenvalue weighted by Crippen LogP contribution is 2.22. The maximum Gasteiger partial charge on any atom is 0.338 e. The topological polar surface area (TPSA) is 131 Å². The van der Waals surface area contributed by atoms with E-state index in [1.54, 1.807) is 0 Å². The molecule has 2 aromatic carbocycles. The normalized spacial score (nSPS) is 14.4. The molecule has 0 aromatic heterocycles. The van der Waals surface area contributed by atoms with Gasteiger partial charge in [0.2, 0.25) is 10.0 Å². The van der Waals surface area contributed by atoms with E-state index >= 15 is 0 Å². The van der Waals surface area contributed by atoms with Gasteiger partial charge in [0.25, 0.3) is 11.8 Å². The lowest BCUT2D eigenvalue weighted by Gasteiger charge is -2.26. The van der Waals surface area contributed by atoms with Gasteiger partial charge in [-0.1, -0.05) is 0 Å². The van der Waals surface area contributed by atoms with Crippen LogP contribution < -0.4 is 10.9 Å². The standard InChI is InChI=1S/C20H19F2N3O7S/c21-15-4-1-13(2-5-15)19(27)24-23-18(26)12-32-20(28)14-3-6-16(22)17(11-14)33(29,30)25-7-9-31-10-8-25/h1-6,11H,7-10,12H2,(H,23,26)(H,24,27). The molecule has 0 aliphatic carbocycles. The molecule has 0 spiro atoms. The molecule has 3 rings (SSSR count). The number of amides is 2. The monoisotopic (exact) mass is 483 g/mol. The van der Waals surface area contributed by atoms with Crippen LogP contribution in [0.25, 0.3) is 0 Å². The third-order valence-electron chi connectivity index (χ3n) is 4.51. The molecular weight excluding hydrogens is 464 g/mol. The van der Waals surface area contributed by atoms with Crippen molar-refractivity contribution in [3.8, 4) is 0 Å². The molecule has 1 fully saturated rings. The molecule has 1 saturated heterocycles. The Hall–Kier alpha value is -3.42. The first-order chi connectivity index (χ1) is 15.7. The van der Waals surface area contributed by atoms with Crippen molar-refractivity contribution in [1.29, 1.82) is 0 Å². The molecule has 176 valence electrons. The molecule has 1 aliphatic rings. The van der Waals surface area contributed by atoms with Gasteiger partial charge in [-0.25, -0.2) is 22.0 Å².